The van der Waals surface area contributed by atoms with Gasteiger partial charge in [0.2, 0.25) is 0 Å². The van der Waals surface area contributed by atoms with Crippen molar-refractivity contribution in [2.24, 2.45) is 0 Å². The van der Waals surface area contributed by atoms with E-state index in [2.05, 4.69) is 11.1 Å². The van der Waals surface area contributed by atoms with Crippen LogP contribution in [0, 0.1) is 11.3 Å². The van der Waals surface area contributed by atoms with E-state index in [1.807, 2.05) is 42.7 Å². The molecular weight excluding hydrogens is 346 g/mol. The monoisotopic (exact) mass is 357 g/mol. The maximum absolute atomic E-state index is 9.66. The van der Waals surface area contributed by atoms with Gasteiger partial charge in [0.25, 0.3) is 0 Å². The molecule has 0 fully saturated rings. The van der Waals surface area contributed by atoms with Gasteiger partial charge in [-0.1, -0.05) is 29.8 Å². The standard InChI is InChI=1S/C17H12ClN3S2/c1-22-17-12(9-19)15(11-4-2-3-5-13(11)18)16(23-17)10-6-7-21-14(20)8-10/h2-8H,1H3,(H2,20,21). The predicted octanol–water partition coefficient (Wildman–Crippen LogP) is 5.31. The highest BCUT2D eigenvalue weighted by atomic mass is 35.5. The number of benzene rings is 1. The Hall–Kier alpha value is -2.00. The van der Waals surface area contributed by atoms with Crippen LogP contribution in [-0.4, -0.2) is 11.2 Å². The van der Waals surface area contributed by atoms with Crippen LogP contribution in [0.2, 0.25) is 5.02 Å². The number of nitrogens with two attached hydrogens (primary N) is 1. The molecule has 0 aliphatic heterocycles. The second-order valence-electron chi connectivity index (χ2n) is 4.73. The van der Waals surface area contributed by atoms with Gasteiger partial charge in [-0.2, -0.15) is 5.26 Å². The number of hydrogen-bond acceptors (Lipinski definition) is 5. The first-order valence-corrected chi connectivity index (χ1v) is 9.15. The molecule has 2 aromatic heterocycles. The van der Waals surface area contributed by atoms with E-state index < -0.39 is 0 Å². The molecule has 0 atom stereocenters. The van der Waals surface area contributed by atoms with E-state index in [1.54, 1.807) is 29.3 Å². The zero-order valence-electron chi connectivity index (χ0n) is 12.2. The van der Waals surface area contributed by atoms with Crippen LogP contribution < -0.4 is 5.73 Å². The number of rotatable bonds is 3. The van der Waals surface area contributed by atoms with Crippen molar-refractivity contribution < 1.29 is 0 Å². The summed E-state index contributed by atoms with van der Waals surface area (Å²) in [5.74, 6) is 0.449. The van der Waals surface area contributed by atoms with E-state index in [0.29, 0.717) is 16.4 Å². The number of thiophene rings is 1. The average Bonchev–Trinajstić information content (AvgIpc) is 2.93. The molecule has 2 heterocycles. The summed E-state index contributed by atoms with van der Waals surface area (Å²) in [7, 11) is 0. The molecule has 0 unspecified atom stereocenters. The highest BCUT2D eigenvalue weighted by molar-refractivity contribution is 8.00. The molecule has 23 heavy (non-hydrogen) atoms. The second kappa shape index (κ2) is 6.63. The summed E-state index contributed by atoms with van der Waals surface area (Å²) in [6.45, 7) is 0. The zero-order chi connectivity index (χ0) is 16.4. The predicted molar refractivity (Wildman–Crippen MR) is 98.9 cm³/mol. The topological polar surface area (TPSA) is 62.7 Å². The first kappa shape index (κ1) is 15.9. The molecule has 0 bridgehead atoms. The second-order valence-corrected chi connectivity index (χ2v) is 7.24. The number of nitrogens with zero attached hydrogens (tertiary/aromatic N) is 2. The number of pyridine rings is 1. The minimum Gasteiger partial charge on any atom is -0.384 e. The third kappa shape index (κ3) is 2.93. The molecule has 3 rings (SSSR count). The first-order valence-electron chi connectivity index (χ1n) is 6.73. The number of hydrogen-bond donors (Lipinski definition) is 1. The maximum Gasteiger partial charge on any atom is 0.123 e. The smallest absolute Gasteiger partial charge is 0.123 e. The Bertz CT molecular complexity index is 912. The van der Waals surface area contributed by atoms with Gasteiger partial charge in [0.15, 0.2) is 0 Å². The highest BCUT2D eigenvalue weighted by Crippen LogP contribution is 2.47. The molecule has 0 saturated heterocycles. The SMILES string of the molecule is CSc1sc(-c2ccnc(N)c2)c(-c2ccccc2Cl)c1C#N. The van der Waals surface area contributed by atoms with E-state index in [4.69, 9.17) is 17.3 Å². The number of halogens is 1. The number of thioether (sulfide) groups is 1. The van der Waals surface area contributed by atoms with Gasteiger partial charge in [-0.3, -0.25) is 0 Å². The Morgan fingerprint density at radius 1 is 1.30 bits per heavy atom. The van der Waals surface area contributed by atoms with Crippen molar-refractivity contribution in [1.29, 1.82) is 5.26 Å². The van der Waals surface area contributed by atoms with Gasteiger partial charge < -0.3 is 5.73 Å². The van der Waals surface area contributed by atoms with Gasteiger partial charge >= 0.3 is 0 Å². The van der Waals surface area contributed by atoms with E-state index in [9.17, 15) is 5.26 Å². The van der Waals surface area contributed by atoms with Crippen LogP contribution in [0.5, 0.6) is 0 Å². The summed E-state index contributed by atoms with van der Waals surface area (Å²) < 4.78 is 0.966. The third-order valence-corrected chi connectivity index (χ3v) is 6.05. The fourth-order valence-corrected chi connectivity index (χ4v) is 4.53. The molecule has 0 radical (unpaired) electrons. The van der Waals surface area contributed by atoms with Gasteiger partial charge in [-0.25, -0.2) is 4.98 Å². The van der Waals surface area contributed by atoms with Crippen molar-refractivity contribution in [1.82, 2.24) is 4.98 Å². The molecule has 0 saturated carbocycles. The number of anilines is 1. The van der Waals surface area contributed by atoms with Crippen LogP contribution in [0.15, 0.2) is 46.8 Å². The molecule has 3 aromatic rings. The lowest BCUT2D eigenvalue weighted by atomic mass is 9.99. The van der Waals surface area contributed by atoms with E-state index >= 15 is 0 Å². The molecule has 6 heteroatoms. The molecule has 0 aliphatic carbocycles. The van der Waals surface area contributed by atoms with Crippen molar-refractivity contribution in [3.05, 3.63) is 53.2 Å². The molecule has 3 nitrogen and oxygen atoms in total. The van der Waals surface area contributed by atoms with Crippen molar-refractivity contribution >= 4 is 40.5 Å². The van der Waals surface area contributed by atoms with Crippen molar-refractivity contribution in [3.8, 4) is 27.6 Å². The van der Waals surface area contributed by atoms with Gasteiger partial charge in [0, 0.05) is 27.2 Å². The van der Waals surface area contributed by atoms with Gasteiger partial charge in [0.05, 0.1) is 9.77 Å². The zero-order valence-corrected chi connectivity index (χ0v) is 14.6. The summed E-state index contributed by atoms with van der Waals surface area (Å²) in [6, 6.07) is 13.6. The van der Waals surface area contributed by atoms with Crippen molar-refractivity contribution in [2.45, 2.75) is 4.21 Å². The molecule has 114 valence electrons. The Morgan fingerprint density at radius 3 is 2.74 bits per heavy atom. The van der Waals surface area contributed by atoms with Crippen molar-refractivity contribution in [2.75, 3.05) is 12.0 Å². The molecule has 0 spiro atoms. The first-order chi connectivity index (χ1) is 11.2. The van der Waals surface area contributed by atoms with Gasteiger partial charge in [-0.15, -0.1) is 23.1 Å². The summed E-state index contributed by atoms with van der Waals surface area (Å²) in [6.07, 6.45) is 3.64. The summed E-state index contributed by atoms with van der Waals surface area (Å²) in [5, 5.41) is 10.3. The quantitative estimate of drug-likeness (QED) is 0.645. The fraction of sp³-hybridized carbons (Fsp3) is 0.0588. The van der Waals surface area contributed by atoms with Crippen LogP contribution in [0.4, 0.5) is 5.82 Å². The minimum absolute atomic E-state index is 0.449. The number of nitriles is 1. The summed E-state index contributed by atoms with van der Waals surface area (Å²) >= 11 is 9.52. The lowest BCUT2D eigenvalue weighted by Crippen LogP contribution is -1.90. The maximum atomic E-state index is 9.66. The lowest BCUT2D eigenvalue weighted by Gasteiger charge is -2.07. The normalized spacial score (nSPS) is 10.5. The summed E-state index contributed by atoms with van der Waals surface area (Å²) in [5.41, 5.74) is 9.13. The van der Waals surface area contributed by atoms with Crippen molar-refractivity contribution in [3.63, 3.8) is 0 Å². The highest BCUT2D eigenvalue weighted by Gasteiger charge is 2.22. The Kier molecular flexibility index (Phi) is 4.58. The Balaban J connectivity index is 2.35. The number of nitrogen functional groups attached to an aromatic ring is 1. The fourth-order valence-electron chi connectivity index (χ4n) is 2.37. The van der Waals surface area contributed by atoms with E-state index in [0.717, 1.165) is 25.8 Å². The largest absolute Gasteiger partial charge is 0.384 e. The Morgan fingerprint density at radius 2 is 2.09 bits per heavy atom. The van der Waals surface area contributed by atoms with Crippen LogP contribution >= 0.6 is 34.7 Å². The van der Waals surface area contributed by atoms with Crippen LogP contribution in [0.25, 0.3) is 21.6 Å². The van der Waals surface area contributed by atoms with Gasteiger partial charge in [0.1, 0.15) is 11.9 Å². The van der Waals surface area contributed by atoms with Gasteiger partial charge in [-0.05, 0) is 30.0 Å². The third-order valence-electron chi connectivity index (χ3n) is 3.36. The molecule has 0 amide bonds. The van der Waals surface area contributed by atoms with E-state index in [-0.39, 0.29) is 0 Å². The van der Waals surface area contributed by atoms with Crippen LogP contribution in [0.3, 0.4) is 0 Å². The molecule has 2 N–H and O–H groups in total. The van der Waals surface area contributed by atoms with Crippen LogP contribution in [-0.2, 0) is 0 Å². The number of aromatic nitrogens is 1. The summed E-state index contributed by atoms with van der Waals surface area (Å²) in [4.78, 5) is 5.02. The average molecular weight is 358 g/mol. The Labute approximate surface area is 147 Å². The molecule has 0 aliphatic rings. The molecular formula is C17H12ClN3S2. The van der Waals surface area contributed by atoms with E-state index in [1.165, 1.54) is 0 Å². The van der Waals surface area contributed by atoms with Crippen LogP contribution in [0.1, 0.15) is 5.56 Å². The minimum atomic E-state index is 0.449. The molecule has 1 aromatic carbocycles. The lowest BCUT2D eigenvalue weighted by molar-refractivity contribution is 1.34.